The normalized spacial score (nSPS) is 11.6. The van der Waals surface area contributed by atoms with Gasteiger partial charge in [0.25, 0.3) is 5.78 Å². The van der Waals surface area contributed by atoms with Crippen LogP contribution >= 0.6 is 0 Å². The first-order valence-corrected chi connectivity index (χ1v) is 8.66. The van der Waals surface area contributed by atoms with Crippen molar-refractivity contribution in [2.45, 2.75) is 33.5 Å². The molecule has 1 amide bonds. The molecular weight excluding hydrogens is 369 g/mol. The number of aromatic nitrogens is 1. The lowest BCUT2D eigenvalue weighted by atomic mass is 10.1. The molecule has 0 unspecified atom stereocenters. The summed E-state index contributed by atoms with van der Waals surface area (Å²) in [5, 5.41) is 2.96. The fourth-order valence-electron chi connectivity index (χ4n) is 3.35. The van der Waals surface area contributed by atoms with Gasteiger partial charge in [-0.2, -0.15) is 13.2 Å². The predicted molar refractivity (Wildman–Crippen MR) is 102 cm³/mol. The van der Waals surface area contributed by atoms with Crippen LogP contribution in [0.4, 0.5) is 18.9 Å². The first-order valence-electron chi connectivity index (χ1n) is 8.66. The van der Waals surface area contributed by atoms with E-state index in [1.807, 2.05) is 26.0 Å². The number of amides is 1. The van der Waals surface area contributed by atoms with Gasteiger partial charge < -0.3 is 9.88 Å². The minimum atomic E-state index is -4.99. The molecule has 3 rings (SSSR count). The first-order chi connectivity index (χ1) is 13.1. The third-order valence-electron chi connectivity index (χ3n) is 4.67. The van der Waals surface area contributed by atoms with Gasteiger partial charge in [0, 0.05) is 22.3 Å². The maximum atomic E-state index is 13.0. The van der Waals surface area contributed by atoms with E-state index in [9.17, 15) is 22.8 Å². The van der Waals surface area contributed by atoms with Gasteiger partial charge in [-0.15, -0.1) is 0 Å². The second kappa shape index (κ2) is 7.14. The maximum Gasteiger partial charge on any atom is 0.454 e. The first kappa shape index (κ1) is 19.7. The van der Waals surface area contributed by atoms with E-state index < -0.39 is 17.5 Å². The SMILES string of the molecule is Cc1ccc(NC(=O)Cn2c(C)c(C(=O)C(F)(F)F)c3ccccc32)c(C)c1. The number of hydrogen-bond donors (Lipinski definition) is 1. The zero-order valence-corrected chi connectivity index (χ0v) is 15.6. The van der Waals surface area contributed by atoms with Crippen molar-refractivity contribution in [2.24, 2.45) is 0 Å². The summed E-state index contributed by atoms with van der Waals surface area (Å²) in [5.41, 5.74) is 2.68. The van der Waals surface area contributed by atoms with Crippen LogP contribution in [-0.4, -0.2) is 22.4 Å². The van der Waals surface area contributed by atoms with Crippen LogP contribution in [0.15, 0.2) is 42.5 Å². The number of hydrogen-bond acceptors (Lipinski definition) is 2. The molecule has 28 heavy (non-hydrogen) atoms. The maximum absolute atomic E-state index is 13.0. The molecule has 0 radical (unpaired) electrons. The summed E-state index contributed by atoms with van der Waals surface area (Å²) in [4.78, 5) is 24.5. The number of halogens is 3. The number of benzene rings is 2. The highest BCUT2D eigenvalue weighted by molar-refractivity contribution is 6.12. The fraction of sp³-hybridized carbons (Fsp3) is 0.238. The molecule has 0 aliphatic rings. The molecule has 0 aliphatic carbocycles. The van der Waals surface area contributed by atoms with Crippen molar-refractivity contribution in [2.75, 3.05) is 5.32 Å². The van der Waals surface area contributed by atoms with Crippen molar-refractivity contribution in [3.8, 4) is 0 Å². The average molecular weight is 388 g/mol. The number of anilines is 1. The number of nitrogens with zero attached hydrogens (tertiary/aromatic N) is 1. The summed E-state index contributed by atoms with van der Waals surface area (Å²) in [6, 6.07) is 11.8. The average Bonchev–Trinajstić information content (AvgIpc) is 2.88. The summed E-state index contributed by atoms with van der Waals surface area (Å²) < 4.78 is 40.6. The molecule has 0 bridgehead atoms. The molecule has 0 atom stereocenters. The Morgan fingerprint density at radius 2 is 1.71 bits per heavy atom. The molecule has 0 aliphatic heterocycles. The highest BCUT2D eigenvalue weighted by atomic mass is 19.4. The highest BCUT2D eigenvalue weighted by Gasteiger charge is 2.42. The van der Waals surface area contributed by atoms with E-state index in [0.29, 0.717) is 11.2 Å². The minimum absolute atomic E-state index is 0.110. The molecule has 146 valence electrons. The summed E-state index contributed by atoms with van der Waals surface area (Å²) in [6.45, 7) is 5.01. The monoisotopic (exact) mass is 388 g/mol. The molecule has 0 saturated heterocycles. The molecule has 2 aromatic carbocycles. The molecule has 3 aromatic rings. The lowest BCUT2D eigenvalue weighted by Gasteiger charge is -2.12. The number of ketones is 1. The molecule has 1 aromatic heterocycles. The Labute approximate surface area is 160 Å². The molecule has 1 N–H and O–H groups in total. The number of alkyl halides is 3. The Bertz CT molecular complexity index is 1080. The number of para-hydroxylation sites is 1. The zero-order valence-electron chi connectivity index (χ0n) is 15.6. The lowest BCUT2D eigenvalue weighted by molar-refractivity contribution is -0.116. The number of carbonyl (C=O) groups excluding carboxylic acids is 2. The van der Waals surface area contributed by atoms with Crippen molar-refractivity contribution in [1.29, 1.82) is 0 Å². The number of aryl methyl sites for hydroxylation is 2. The Kier molecular flexibility index (Phi) is 5.02. The second-order valence-electron chi connectivity index (χ2n) is 6.76. The number of nitrogens with one attached hydrogen (secondary N) is 1. The van der Waals surface area contributed by atoms with Gasteiger partial charge in [-0.1, -0.05) is 35.9 Å². The van der Waals surface area contributed by atoms with E-state index in [1.54, 1.807) is 24.3 Å². The van der Waals surface area contributed by atoms with E-state index >= 15 is 0 Å². The van der Waals surface area contributed by atoms with Crippen LogP contribution in [0.2, 0.25) is 0 Å². The third kappa shape index (κ3) is 3.65. The van der Waals surface area contributed by atoms with Crippen molar-refractivity contribution in [3.63, 3.8) is 0 Å². The second-order valence-corrected chi connectivity index (χ2v) is 6.76. The van der Waals surface area contributed by atoms with Crippen molar-refractivity contribution >= 4 is 28.3 Å². The van der Waals surface area contributed by atoms with E-state index in [2.05, 4.69) is 5.32 Å². The van der Waals surface area contributed by atoms with E-state index in [0.717, 1.165) is 11.1 Å². The quantitative estimate of drug-likeness (QED) is 0.643. The van der Waals surface area contributed by atoms with E-state index in [-0.39, 0.29) is 23.5 Å². The van der Waals surface area contributed by atoms with Crippen LogP contribution in [0.1, 0.15) is 27.2 Å². The molecule has 0 spiro atoms. The zero-order chi connectivity index (χ0) is 20.6. The number of Topliss-reactive ketones (excluding diaryl/α,β-unsaturated/α-hetero) is 1. The van der Waals surface area contributed by atoms with Crippen LogP contribution in [-0.2, 0) is 11.3 Å². The molecule has 0 fully saturated rings. The van der Waals surface area contributed by atoms with E-state index in [4.69, 9.17) is 0 Å². The molecule has 1 heterocycles. The smallest absolute Gasteiger partial charge is 0.335 e. The van der Waals surface area contributed by atoms with Crippen LogP contribution in [0, 0.1) is 20.8 Å². The molecule has 7 heteroatoms. The Balaban J connectivity index is 1.98. The predicted octanol–water partition coefficient (Wildman–Crippen LogP) is 4.95. The van der Waals surface area contributed by atoms with Gasteiger partial charge in [-0.3, -0.25) is 9.59 Å². The van der Waals surface area contributed by atoms with Crippen molar-refractivity contribution in [3.05, 3.63) is 64.8 Å². The topological polar surface area (TPSA) is 51.1 Å². The number of carbonyl (C=O) groups is 2. The highest BCUT2D eigenvalue weighted by Crippen LogP contribution is 2.31. The van der Waals surface area contributed by atoms with Gasteiger partial charge >= 0.3 is 6.18 Å². The standard InChI is InChI=1S/C21H19F3N2O2/c1-12-8-9-16(13(2)10-12)25-18(27)11-26-14(3)19(20(28)21(22,23)24)15-6-4-5-7-17(15)26/h4-10H,11H2,1-3H3,(H,25,27). The molecule has 0 saturated carbocycles. The van der Waals surface area contributed by atoms with Crippen LogP contribution in [0.5, 0.6) is 0 Å². The summed E-state index contributed by atoms with van der Waals surface area (Å²) in [7, 11) is 0. The van der Waals surface area contributed by atoms with Gasteiger partial charge in [0.1, 0.15) is 6.54 Å². The number of fused-ring (bicyclic) bond motifs is 1. The summed E-state index contributed by atoms with van der Waals surface area (Å²) in [6.07, 6.45) is -4.99. The van der Waals surface area contributed by atoms with E-state index in [1.165, 1.54) is 17.6 Å². The number of rotatable bonds is 4. The Morgan fingerprint density at radius 1 is 1.04 bits per heavy atom. The Morgan fingerprint density at radius 3 is 2.36 bits per heavy atom. The van der Waals surface area contributed by atoms with Gasteiger partial charge in [-0.25, -0.2) is 0 Å². The fourth-order valence-corrected chi connectivity index (χ4v) is 3.35. The summed E-state index contributed by atoms with van der Waals surface area (Å²) in [5.74, 6) is -2.29. The third-order valence-corrected chi connectivity index (χ3v) is 4.67. The van der Waals surface area contributed by atoms with Crippen LogP contribution in [0.3, 0.4) is 0 Å². The largest absolute Gasteiger partial charge is 0.454 e. The molecule has 4 nitrogen and oxygen atoms in total. The van der Waals surface area contributed by atoms with Crippen molar-refractivity contribution < 1.29 is 22.8 Å². The van der Waals surface area contributed by atoms with Crippen LogP contribution < -0.4 is 5.32 Å². The van der Waals surface area contributed by atoms with Gasteiger partial charge in [0.05, 0.1) is 5.56 Å². The van der Waals surface area contributed by atoms with Crippen molar-refractivity contribution in [1.82, 2.24) is 4.57 Å². The summed E-state index contributed by atoms with van der Waals surface area (Å²) >= 11 is 0. The Hall–Kier alpha value is -3.09. The van der Waals surface area contributed by atoms with Crippen LogP contribution in [0.25, 0.3) is 10.9 Å². The molecular formula is C21H19F3N2O2. The van der Waals surface area contributed by atoms with Gasteiger partial charge in [0.15, 0.2) is 0 Å². The van der Waals surface area contributed by atoms with Gasteiger partial charge in [0.2, 0.25) is 5.91 Å². The van der Waals surface area contributed by atoms with Gasteiger partial charge in [-0.05, 0) is 38.5 Å². The minimum Gasteiger partial charge on any atom is -0.335 e. The lowest BCUT2D eigenvalue weighted by Crippen LogP contribution is -2.24.